The Morgan fingerprint density at radius 2 is 2.17 bits per heavy atom. The number of hydrogen-bond donors (Lipinski definition) is 1. The van der Waals surface area contributed by atoms with Crippen molar-refractivity contribution < 1.29 is 19.4 Å². The predicted octanol–water partition coefficient (Wildman–Crippen LogP) is 0.750. The van der Waals surface area contributed by atoms with Gasteiger partial charge in [0.2, 0.25) is 0 Å². The van der Waals surface area contributed by atoms with Gasteiger partial charge in [-0.2, -0.15) is 4.68 Å². The van der Waals surface area contributed by atoms with E-state index in [9.17, 15) is 14.7 Å². The number of aliphatic carboxylic acids is 1. The van der Waals surface area contributed by atoms with E-state index in [0.29, 0.717) is 30.0 Å². The van der Waals surface area contributed by atoms with Crippen molar-refractivity contribution in [3.8, 4) is 11.4 Å². The normalized spacial score (nSPS) is 17.5. The summed E-state index contributed by atoms with van der Waals surface area (Å²) < 4.78 is 6.66. The molecule has 0 bridgehead atoms. The molecule has 1 aliphatic heterocycles. The number of piperidine rings is 1. The van der Waals surface area contributed by atoms with Crippen LogP contribution in [-0.4, -0.2) is 61.8 Å². The molecule has 1 atom stereocenters. The third kappa shape index (κ3) is 2.92. The molecule has 1 N–H and O–H groups in total. The van der Waals surface area contributed by atoms with E-state index >= 15 is 0 Å². The molecule has 0 saturated carbocycles. The summed E-state index contributed by atoms with van der Waals surface area (Å²) >= 11 is 0. The summed E-state index contributed by atoms with van der Waals surface area (Å²) in [5.74, 6) is -0.788. The second-order valence-corrected chi connectivity index (χ2v) is 5.49. The molecular formula is C15H17N5O4. The second kappa shape index (κ2) is 6.65. The quantitative estimate of drug-likeness (QED) is 0.880. The van der Waals surface area contributed by atoms with Gasteiger partial charge in [0.05, 0.1) is 7.11 Å². The average Bonchev–Trinajstić information content (AvgIpc) is 3.15. The summed E-state index contributed by atoms with van der Waals surface area (Å²) in [4.78, 5) is 25.6. The summed E-state index contributed by atoms with van der Waals surface area (Å²) in [6, 6.07) is 4.07. The van der Waals surface area contributed by atoms with Crippen LogP contribution in [-0.2, 0) is 4.79 Å². The molecule has 1 amide bonds. The molecule has 2 aromatic rings. The lowest BCUT2D eigenvalue weighted by molar-refractivity contribution is -0.143. The number of hydrogen-bond acceptors (Lipinski definition) is 6. The van der Waals surface area contributed by atoms with Crippen molar-refractivity contribution in [2.45, 2.75) is 25.3 Å². The van der Waals surface area contributed by atoms with E-state index in [1.54, 1.807) is 18.2 Å². The van der Waals surface area contributed by atoms with Crippen LogP contribution in [0.1, 0.15) is 29.6 Å². The monoisotopic (exact) mass is 331 g/mol. The number of nitrogens with zero attached hydrogens (tertiary/aromatic N) is 5. The van der Waals surface area contributed by atoms with E-state index in [2.05, 4.69) is 15.5 Å². The Balaban J connectivity index is 1.95. The van der Waals surface area contributed by atoms with Crippen LogP contribution in [0.5, 0.6) is 5.75 Å². The zero-order valence-corrected chi connectivity index (χ0v) is 13.1. The second-order valence-electron chi connectivity index (χ2n) is 5.49. The first-order chi connectivity index (χ1) is 11.6. The van der Waals surface area contributed by atoms with Crippen LogP contribution in [0.4, 0.5) is 0 Å². The Bertz CT molecular complexity index is 746. The molecule has 2 heterocycles. The zero-order valence-electron chi connectivity index (χ0n) is 13.1. The molecule has 0 spiro atoms. The zero-order chi connectivity index (χ0) is 17.1. The molecule has 0 unspecified atom stereocenters. The molecule has 1 aromatic heterocycles. The SMILES string of the molecule is COc1ccc(C(=O)N2CCCC[C@@H]2C(=O)O)cc1-n1cnnn1. The number of carboxylic acid groups (broad SMARTS) is 1. The number of ether oxygens (including phenoxy) is 1. The smallest absolute Gasteiger partial charge is 0.326 e. The maximum atomic E-state index is 12.8. The van der Waals surface area contributed by atoms with E-state index < -0.39 is 12.0 Å². The number of likely N-dealkylation sites (tertiary alicyclic amines) is 1. The summed E-state index contributed by atoms with van der Waals surface area (Å²) in [6.07, 6.45) is 3.47. The molecular weight excluding hydrogens is 314 g/mol. The maximum absolute atomic E-state index is 12.8. The van der Waals surface area contributed by atoms with Gasteiger partial charge in [0, 0.05) is 12.1 Å². The van der Waals surface area contributed by atoms with Gasteiger partial charge in [0.1, 0.15) is 23.8 Å². The van der Waals surface area contributed by atoms with Crippen molar-refractivity contribution in [3.63, 3.8) is 0 Å². The van der Waals surface area contributed by atoms with Gasteiger partial charge < -0.3 is 14.7 Å². The number of methoxy groups -OCH3 is 1. The minimum absolute atomic E-state index is 0.320. The summed E-state index contributed by atoms with van der Waals surface area (Å²) in [5, 5.41) is 20.3. The van der Waals surface area contributed by atoms with Crippen LogP contribution >= 0.6 is 0 Å². The predicted molar refractivity (Wildman–Crippen MR) is 82.0 cm³/mol. The molecule has 0 aliphatic carbocycles. The lowest BCUT2D eigenvalue weighted by Crippen LogP contribution is -2.48. The van der Waals surface area contributed by atoms with Crippen molar-refractivity contribution in [2.24, 2.45) is 0 Å². The van der Waals surface area contributed by atoms with E-state index in [1.807, 2.05) is 0 Å². The topological polar surface area (TPSA) is 110 Å². The third-order valence-corrected chi connectivity index (χ3v) is 4.07. The van der Waals surface area contributed by atoms with Crippen LogP contribution in [0.25, 0.3) is 5.69 Å². The minimum Gasteiger partial charge on any atom is -0.494 e. The minimum atomic E-state index is -0.975. The Kier molecular flexibility index (Phi) is 4.41. The first kappa shape index (κ1) is 15.9. The van der Waals surface area contributed by atoms with Crippen LogP contribution in [0.3, 0.4) is 0 Å². The highest BCUT2D eigenvalue weighted by atomic mass is 16.5. The Hall–Kier alpha value is -2.97. The van der Waals surface area contributed by atoms with Crippen molar-refractivity contribution >= 4 is 11.9 Å². The van der Waals surface area contributed by atoms with E-state index in [1.165, 1.54) is 23.0 Å². The number of aromatic nitrogens is 4. The highest BCUT2D eigenvalue weighted by Gasteiger charge is 2.32. The Morgan fingerprint density at radius 1 is 1.33 bits per heavy atom. The van der Waals surface area contributed by atoms with Gasteiger partial charge in [-0.15, -0.1) is 5.10 Å². The van der Waals surface area contributed by atoms with Gasteiger partial charge in [-0.25, -0.2) is 4.79 Å². The summed E-state index contributed by atoms with van der Waals surface area (Å²) in [5.41, 5.74) is 0.881. The molecule has 9 nitrogen and oxygen atoms in total. The fourth-order valence-corrected chi connectivity index (χ4v) is 2.87. The van der Waals surface area contributed by atoms with E-state index in [-0.39, 0.29) is 5.91 Å². The molecule has 24 heavy (non-hydrogen) atoms. The van der Waals surface area contributed by atoms with Crippen LogP contribution in [0, 0.1) is 0 Å². The van der Waals surface area contributed by atoms with Gasteiger partial charge in [0.25, 0.3) is 5.91 Å². The van der Waals surface area contributed by atoms with Gasteiger partial charge in [-0.05, 0) is 47.9 Å². The van der Waals surface area contributed by atoms with Gasteiger partial charge >= 0.3 is 5.97 Å². The summed E-state index contributed by atoms with van der Waals surface area (Å²) in [6.45, 7) is 0.433. The molecule has 3 rings (SSSR count). The van der Waals surface area contributed by atoms with Crippen molar-refractivity contribution in [2.75, 3.05) is 13.7 Å². The molecule has 9 heteroatoms. The average molecular weight is 331 g/mol. The number of carbonyl (C=O) groups excluding carboxylic acids is 1. The van der Waals surface area contributed by atoms with Crippen LogP contribution in [0.2, 0.25) is 0 Å². The lowest BCUT2D eigenvalue weighted by Gasteiger charge is -2.33. The standard InChI is InChI=1S/C15H17N5O4/c1-24-13-6-5-10(8-12(13)20-9-16-17-18-20)14(21)19-7-3-2-4-11(19)15(22)23/h5-6,8-9,11H,2-4,7H2,1H3,(H,22,23)/t11-/m1/s1. The molecule has 0 radical (unpaired) electrons. The van der Waals surface area contributed by atoms with Crippen molar-refractivity contribution in [3.05, 3.63) is 30.1 Å². The van der Waals surface area contributed by atoms with Crippen molar-refractivity contribution in [1.29, 1.82) is 0 Å². The number of amides is 1. The third-order valence-electron chi connectivity index (χ3n) is 4.07. The Labute approximate surface area is 137 Å². The molecule has 1 saturated heterocycles. The molecule has 126 valence electrons. The molecule has 1 fully saturated rings. The fourth-order valence-electron chi connectivity index (χ4n) is 2.87. The summed E-state index contributed by atoms with van der Waals surface area (Å²) in [7, 11) is 1.51. The van der Waals surface area contributed by atoms with Gasteiger partial charge in [0.15, 0.2) is 0 Å². The lowest BCUT2D eigenvalue weighted by atomic mass is 10.0. The van der Waals surface area contributed by atoms with E-state index in [4.69, 9.17) is 4.74 Å². The van der Waals surface area contributed by atoms with Crippen LogP contribution in [0.15, 0.2) is 24.5 Å². The number of rotatable bonds is 4. The van der Waals surface area contributed by atoms with E-state index in [0.717, 1.165) is 12.8 Å². The number of benzene rings is 1. The van der Waals surface area contributed by atoms with Gasteiger partial charge in [-0.3, -0.25) is 4.79 Å². The fraction of sp³-hybridized carbons (Fsp3) is 0.400. The number of tetrazole rings is 1. The number of carboxylic acids is 1. The highest BCUT2D eigenvalue weighted by molar-refractivity contribution is 5.97. The van der Waals surface area contributed by atoms with Gasteiger partial charge in [-0.1, -0.05) is 0 Å². The highest BCUT2D eigenvalue weighted by Crippen LogP contribution is 2.26. The Morgan fingerprint density at radius 3 is 2.83 bits per heavy atom. The molecule has 1 aliphatic rings. The number of carbonyl (C=O) groups is 2. The molecule has 1 aromatic carbocycles. The van der Waals surface area contributed by atoms with Crippen LogP contribution < -0.4 is 4.74 Å². The first-order valence-corrected chi connectivity index (χ1v) is 7.57. The first-order valence-electron chi connectivity index (χ1n) is 7.57. The maximum Gasteiger partial charge on any atom is 0.326 e. The van der Waals surface area contributed by atoms with Crippen molar-refractivity contribution in [1.82, 2.24) is 25.1 Å². The largest absolute Gasteiger partial charge is 0.494 e.